The number of likely N-dealkylation sites (tertiary alicyclic amines) is 1. The Kier molecular flexibility index (Phi) is 5.25. The largest absolute Gasteiger partial charge is 0.507 e. The maximum atomic E-state index is 11.6. The molecule has 0 unspecified atom stereocenters. The van der Waals surface area contributed by atoms with Gasteiger partial charge in [-0.3, -0.25) is 9.69 Å². The number of halogens is 1. The molecule has 0 radical (unpaired) electrons. The first-order chi connectivity index (χ1) is 9.88. The van der Waals surface area contributed by atoms with Gasteiger partial charge >= 0.3 is 0 Å². The quantitative estimate of drug-likeness (QED) is 0.869. The van der Waals surface area contributed by atoms with Crippen LogP contribution in [-0.4, -0.2) is 53.9 Å². The highest BCUT2D eigenvalue weighted by Crippen LogP contribution is 2.29. The molecule has 1 aliphatic rings. The number of ketones is 1. The summed E-state index contributed by atoms with van der Waals surface area (Å²) in [4.78, 5) is 16.1. The lowest BCUT2D eigenvalue weighted by molar-refractivity contribution is 0.101. The van der Waals surface area contributed by atoms with Crippen molar-refractivity contribution >= 4 is 17.4 Å². The molecule has 116 valence electrons. The van der Waals surface area contributed by atoms with Gasteiger partial charge in [-0.15, -0.1) is 0 Å². The fourth-order valence-electron chi connectivity index (χ4n) is 2.88. The van der Waals surface area contributed by atoms with Crippen LogP contribution < -0.4 is 0 Å². The Morgan fingerprint density at radius 2 is 2.05 bits per heavy atom. The Labute approximate surface area is 131 Å². The Hall–Kier alpha value is -1.10. The van der Waals surface area contributed by atoms with Crippen molar-refractivity contribution in [2.45, 2.75) is 32.4 Å². The van der Waals surface area contributed by atoms with Crippen molar-refractivity contribution in [2.75, 3.05) is 27.2 Å². The first-order valence-electron chi connectivity index (χ1n) is 7.29. The number of carbonyl (C=O) groups excluding carboxylic acids is 1. The number of nitrogens with zero attached hydrogens (tertiary/aromatic N) is 2. The number of hydrogen-bond acceptors (Lipinski definition) is 4. The second kappa shape index (κ2) is 6.77. The molecule has 1 fully saturated rings. The van der Waals surface area contributed by atoms with Gasteiger partial charge < -0.3 is 10.0 Å². The van der Waals surface area contributed by atoms with Gasteiger partial charge in [0.25, 0.3) is 0 Å². The van der Waals surface area contributed by atoms with Gasteiger partial charge in [-0.2, -0.15) is 0 Å². The molecule has 1 heterocycles. The monoisotopic (exact) mass is 310 g/mol. The van der Waals surface area contributed by atoms with Crippen molar-refractivity contribution in [3.05, 3.63) is 28.3 Å². The molecule has 0 bridgehead atoms. The summed E-state index contributed by atoms with van der Waals surface area (Å²) >= 11 is 6.07. The molecule has 1 aromatic carbocycles. The fourth-order valence-corrected chi connectivity index (χ4v) is 3.12. The molecule has 21 heavy (non-hydrogen) atoms. The molecule has 2 rings (SSSR count). The Bertz CT molecular complexity index is 525. The lowest BCUT2D eigenvalue weighted by atomic mass is 10.0. The van der Waals surface area contributed by atoms with E-state index in [9.17, 15) is 9.90 Å². The van der Waals surface area contributed by atoms with Gasteiger partial charge in [0, 0.05) is 23.2 Å². The molecule has 1 N–H and O–H groups in total. The summed E-state index contributed by atoms with van der Waals surface area (Å²) in [6.07, 6.45) is 2.24. The molecule has 4 nitrogen and oxygen atoms in total. The average Bonchev–Trinajstić information content (AvgIpc) is 2.42. The SMILES string of the molecule is CC(=O)c1cc(Cl)cc(CN(C)C2CCN(C)CC2)c1O. The lowest BCUT2D eigenvalue weighted by Crippen LogP contribution is -2.41. The van der Waals surface area contributed by atoms with Crippen LogP contribution in [0.4, 0.5) is 0 Å². The van der Waals surface area contributed by atoms with Gasteiger partial charge in [0.1, 0.15) is 5.75 Å². The number of rotatable bonds is 4. The minimum Gasteiger partial charge on any atom is -0.507 e. The van der Waals surface area contributed by atoms with Gasteiger partial charge in [0.2, 0.25) is 0 Å². The van der Waals surface area contributed by atoms with E-state index < -0.39 is 0 Å². The highest BCUT2D eigenvalue weighted by molar-refractivity contribution is 6.31. The predicted molar refractivity (Wildman–Crippen MR) is 85.1 cm³/mol. The normalized spacial score (nSPS) is 17.4. The number of piperidine rings is 1. The third-order valence-electron chi connectivity index (χ3n) is 4.26. The van der Waals surface area contributed by atoms with E-state index in [2.05, 4.69) is 23.9 Å². The fraction of sp³-hybridized carbons (Fsp3) is 0.562. The smallest absolute Gasteiger partial charge is 0.163 e. The molecule has 5 heteroatoms. The summed E-state index contributed by atoms with van der Waals surface area (Å²) in [6.45, 7) is 4.22. The standard InChI is InChI=1S/C16H23ClN2O2/c1-11(20)15-9-13(17)8-12(16(15)21)10-19(3)14-4-6-18(2)7-5-14/h8-9,14,21H,4-7,10H2,1-3H3. The number of phenolic OH excluding ortho intramolecular Hbond substituents is 1. The highest BCUT2D eigenvalue weighted by Gasteiger charge is 2.22. The number of benzene rings is 1. The molecule has 1 saturated heterocycles. The number of Topliss-reactive ketones (excluding diaryl/α,β-unsaturated/α-hetero) is 1. The van der Waals surface area contributed by atoms with Crippen LogP contribution in [0, 0.1) is 0 Å². The molecule has 0 aromatic heterocycles. The van der Waals surface area contributed by atoms with E-state index in [4.69, 9.17) is 11.6 Å². The van der Waals surface area contributed by atoms with Crippen molar-refractivity contribution in [3.8, 4) is 5.75 Å². The van der Waals surface area contributed by atoms with Crippen molar-refractivity contribution < 1.29 is 9.90 Å². The van der Waals surface area contributed by atoms with Gasteiger partial charge in [0.15, 0.2) is 5.78 Å². The highest BCUT2D eigenvalue weighted by atomic mass is 35.5. The minimum atomic E-state index is -0.168. The van der Waals surface area contributed by atoms with E-state index in [1.807, 2.05) is 0 Å². The zero-order valence-electron chi connectivity index (χ0n) is 12.9. The summed E-state index contributed by atoms with van der Waals surface area (Å²) in [6, 6.07) is 3.77. The summed E-state index contributed by atoms with van der Waals surface area (Å²) in [7, 11) is 4.20. The molecule has 0 aliphatic carbocycles. The lowest BCUT2D eigenvalue weighted by Gasteiger charge is -2.35. The van der Waals surface area contributed by atoms with Crippen molar-refractivity contribution in [1.29, 1.82) is 0 Å². The van der Waals surface area contributed by atoms with Crippen LogP contribution in [0.25, 0.3) is 0 Å². The summed E-state index contributed by atoms with van der Waals surface area (Å²) in [5.41, 5.74) is 1.02. The molecule has 1 aliphatic heterocycles. The van der Waals surface area contributed by atoms with Gasteiger partial charge in [-0.25, -0.2) is 0 Å². The summed E-state index contributed by atoms with van der Waals surface area (Å²) in [5, 5.41) is 10.7. The van der Waals surface area contributed by atoms with E-state index in [-0.39, 0.29) is 11.5 Å². The molecule has 0 saturated carbocycles. The Morgan fingerprint density at radius 3 is 2.62 bits per heavy atom. The van der Waals surface area contributed by atoms with E-state index in [0.29, 0.717) is 28.7 Å². The molecular formula is C16H23ClN2O2. The van der Waals surface area contributed by atoms with Crippen molar-refractivity contribution in [2.24, 2.45) is 0 Å². The van der Waals surface area contributed by atoms with E-state index in [1.54, 1.807) is 6.07 Å². The minimum absolute atomic E-state index is 0.0617. The Morgan fingerprint density at radius 1 is 1.43 bits per heavy atom. The second-order valence-corrected chi connectivity index (χ2v) is 6.40. The number of aromatic hydroxyl groups is 1. The van der Waals surface area contributed by atoms with Crippen LogP contribution in [0.1, 0.15) is 35.7 Å². The molecule has 0 spiro atoms. The first kappa shape index (κ1) is 16.3. The molecular weight excluding hydrogens is 288 g/mol. The van der Waals surface area contributed by atoms with Crippen LogP contribution >= 0.6 is 11.6 Å². The van der Waals surface area contributed by atoms with Crippen LogP contribution in [0.15, 0.2) is 12.1 Å². The third kappa shape index (κ3) is 3.96. The maximum Gasteiger partial charge on any atom is 0.163 e. The average molecular weight is 311 g/mol. The summed E-state index contributed by atoms with van der Waals surface area (Å²) in [5.74, 6) is -0.107. The van der Waals surface area contributed by atoms with Gasteiger partial charge in [0.05, 0.1) is 5.56 Å². The topological polar surface area (TPSA) is 43.8 Å². The van der Waals surface area contributed by atoms with Crippen LogP contribution in [0.5, 0.6) is 5.75 Å². The van der Waals surface area contributed by atoms with Crippen molar-refractivity contribution in [3.63, 3.8) is 0 Å². The van der Waals surface area contributed by atoms with E-state index in [0.717, 1.165) is 25.9 Å². The van der Waals surface area contributed by atoms with E-state index in [1.165, 1.54) is 13.0 Å². The predicted octanol–water partition coefficient (Wildman–Crippen LogP) is 2.77. The van der Waals surface area contributed by atoms with Crippen molar-refractivity contribution in [1.82, 2.24) is 9.80 Å². The maximum absolute atomic E-state index is 11.6. The number of phenols is 1. The van der Waals surface area contributed by atoms with Crippen LogP contribution in [0.2, 0.25) is 5.02 Å². The zero-order chi connectivity index (χ0) is 15.6. The van der Waals surface area contributed by atoms with Crippen LogP contribution in [-0.2, 0) is 6.54 Å². The molecule has 0 amide bonds. The molecule has 1 aromatic rings. The summed E-state index contributed by atoms with van der Waals surface area (Å²) < 4.78 is 0. The van der Waals surface area contributed by atoms with Gasteiger partial charge in [-0.1, -0.05) is 11.6 Å². The first-order valence-corrected chi connectivity index (χ1v) is 7.67. The zero-order valence-corrected chi connectivity index (χ0v) is 13.7. The van der Waals surface area contributed by atoms with Crippen LogP contribution in [0.3, 0.4) is 0 Å². The van der Waals surface area contributed by atoms with Gasteiger partial charge in [-0.05, 0) is 59.1 Å². The van der Waals surface area contributed by atoms with E-state index >= 15 is 0 Å². The molecule has 0 atom stereocenters. The second-order valence-electron chi connectivity index (χ2n) is 5.97. The third-order valence-corrected chi connectivity index (χ3v) is 4.48. The Balaban J connectivity index is 2.13. The number of carbonyl (C=O) groups is 1. The number of hydrogen-bond donors (Lipinski definition) is 1.